The number of benzene rings is 1. The molecule has 0 saturated heterocycles. The second kappa shape index (κ2) is 4.81. The SMILES string of the molecule is CCNC(c1ccc2c(c1)CCC2)C(C)(C)C. The Labute approximate surface area is 106 Å². The van der Waals surface area contributed by atoms with Crippen LogP contribution in [0.1, 0.15) is 56.8 Å². The molecule has 0 bridgehead atoms. The molecule has 0 saturated carbocycles. The Kier molecular flexibility index (Phi) is 3.58. The fourth-order valence-electron chi connectivity index (χ4n) is 2.90. The van der Waals surface area contributed by atoms with Gasteiger partial charge < -0.3 is 5.32 Å². The quantitative estimate of drug-likeness (QED) is 0.832. The highest BCUT2D eigenvalue weighted by molar-refractivity contribution is 5.37. The largest absolute Gasteiger partial charge is 0.310 e. The maximum atomic E-state index is 3.63. The molecule has 1 aliphatic carbocycles. The van der Waals surface area contributed by atoms with Crippen LogP contribution in [0.25, 0.3) is 0 Å². The van der Waals surface area contributed by atoms with Crippen molar-refractivity contribution in [3.8, 4) is 0 Å². The number of hydrogen-bond acceptors (Lipinski definition) is 1. The monoisotopic (exact) mass is 231 g/mol. The van der Waals surface area contributed by atoms with Crippen LogP contribution >= 0.6 is 0 Å². The smallest absolute Gasteiger partial charge is 0.0369 e. The normalized spacial score (nSPS) is 16.9. The molecule has 2 rings (SSSR count). The third kappa shape index (κ3) is 2.71. The van der Waals surface area contributed by atoms with Crippen LogP contribution in [0.3, 0.4) is 0 Å². The molecule has 1 unspecified atom stereocenters. The van der Waals surface area contributed by atoms with Crippen LogP contribution in [0.4, 0.5) is 0 Å². The summed E-state index contributed by atoms with van der Waals surface area (Å²) < 4.78 is 0. The van der Waals surface area contributed by atoms with Gasteiger partial charge in [-0.25, -0.2) is 0 Å². The Morgan fingerprint density at radius 1 is 1.18 bits per heavy atom. The molecule has 1 atom stereocenters. The Morgan fingerprint density at radius 3 is 2.53 bits per heavy atom. The zero-order valence-corrected chi connectivity index (χ0v) is 11.6. The average Bonchev–Trinajstić information content (AvgIpc) is 2.71. The highest BCUT2D eigenvalue weighted by Gasteiger charge is 2.26. The van der Waals surface area contributed by atoms with Gasteiger partial charge in [-0.05, 0) is 47.9 Å². The zero-order chi connectivity index (χ0) is 12.5. The van der Waals surface area contributed by atoms with Crippen LogP contribution in [0.2, 0.25) is 0 Å². The van der Waals surface area contributed by atoms with Crippen molar-refractivity contribution in [3.05, 3.63) is 34.9 Å². The maximum Gasteiger partial charge on any atom is 0.0369 e. The lowest BCUT2D eigenvalue weighted by atomic mass is 9.81. The molecule has 0 radical (unpaired) electrons. The first-order valence-electron chi connectivity index (χ1n) is 6.87. The van der Waals surface area contributed by atoms with Crippen LogP contribution in [-0.4, -0.2) is 6.54 Å². The Morgan fingerprint density at radius 2 is 1.88 bits per heavy atom. The Bertz CT molecular complexity index is 387. The molecule has 0 aromatic heterocycles. The minimum atomic E-state index is 0.267. The Balaban J connectivity index is 2.30. The number of hydrogen-bond donors (Lipinski definition) is 1. The summed E-state index contributed by atoms with van der Waals surface area (Å²) in [5.41, 5.74) is 4.87. The Hall–Kier alpha value is -0.820. The lowest BCUT2D eigenvalue weighted by Gasteiger charge is -2.32. The van der Waals surface area contributed by atoms with E-state index in [1.165, 1.54) is 24.8 Å². The molecule has 0 spiro atoms. The molecule has 1 aromatic carbocycles. The maximum absolute atomic E-state index is 3.63. The zero-order valence-electron chi connectivity index (χ0n) is 11.6. The fraction of sp³-hybridized carbons (Fsp3) is 0.625. The molecule has 0 aliphatic heterocycles. The summed E-state index contributed by atoms with van der Waals surface area (Å²) in [6.45, 7) is 10.2. The molecule has 1 aromatic rings. The van der Waals surface area contributed by atoms with E-state index in [1.54, 1.807) is 11.1 Å². The molecule has 1 N–H and O–H groups in total. The molecule has 0 fully saturated rings. The lowest BCUT2D eigenvalue weighted by molar-refractivity contribution is 0.276. The molecule has 17 heavy (non-hydrogen) atoms. The van der Waals surface area contributed by atoms with E-state index in [2.05, 4.69) is 51.2 Å². The number of nitrogens with one attached hydrogen (secondary N) is 1. The van der Waals surface area contributed by atoms with E-state index in [1.807, 2.05) is 0 Å². The molecule has 94 valence electrons. The third-order valence-corrected chi connectivity index (χ3v) is 3.73. The molecule has 1 aliphatic rings. The van der Waals surface area contributed by atoms with Gasteiger partial charge in [0.05, 0.1) is 0 Å². The van der Waals surface area contributed by atoms with Crippen molar-refractivity contribution in [2.24, 2.45) is 5.41 Å². The third-order valence-electron chi connectivity index (χ3n) is 3.73. The summed E-state index contributed by atoms with van der Waals surface area (Å²) in [5.74, 6) is 0. The fourth-order valence-corrected chi connectivity index (χ4v) is 2.90. The van der Waals surface area contributed by atoms with E-state index in [0.717, 1.165) is 6.54 Å². The van der Waals surface area contributed by atoms with E-state index in [-0.39, 0.29) is 5.41 Å². The summed E-state index contributed by atoms with van der Waals surface area (Å²) in [5, 5.41) is 3.63. The van der Waals surface area contributed by atoms with Gasteiger partial charge in [0, 0.05) is 6.04 Å². The predicted molar refractivity (Wildman–Crippen MR) is 74.3 cm³/mol. The van der Waals surface area contributed by atoms with Crippen LogP contribution in [0.15, 0.2) is 18.2 Å². The van der Waals surface area contributed by atoms with Gasteiger partial charge in [0.25, 0.3) is 0 Å². The summed E-state index contributed by atoms with van der Waals surface area (Å²) in [4.78, 5) is 0. The minimum Gasteiger partial charge on any atom is -0.310 e. The van der Waals surface area contributed by atoms with E-state index >= 15 is 0 Å². The number of fused-ring (bicyclic) bond motifs is 1. The van der Waals surface area contributed by atoms with Gasteiger partial charge in [-0.3, -0.25) is 0 Å². The second-order valence-corrected chi connectivity index (χ2v) is 6.24. The summed E-state index contributed by atoms with van der Waals surface area (Å²) in [6, 6.07) is 7.55. The standard InChI is InChI=1S/C16H25N/c1-5-17-15(16(2,3)4)14-10-9-12-7-6-8-13(12)11-14/h9-11,15,17H,5-8H2,1-4H3. The number of rotatable bonds is 3. The van der Waals surface area contributed by atoms with Crippen molar-refractivity contribution in [1.82, 2.24) is 5.32 Å². The molecule has 0 heterocycles. The van der Waals surface area contributed by atoms with E-state index in [4.69, 9.17) is 0 Å². The van der Waals surface area contributed by atoms with Crippen molar-refractivity contribution in [1.29, 1.82) is 0 Å². The van der Waals surface area contributed by atoms with Gasteiger partial charge in [0.15, 0.2) is 0 Å². The van der Waals surface area contributed by atoms with Crippen LogP contribution in [0, 0.1) is 5.41 Å². The molecule has 1 heteroatoms. The van der Waals surface area contributed by atoms with Gasteiger partial charge in [0.1, 0.15) is 0 Å². The van der Waals surface area contributed by atoms with E-state index in [0.29, 0.717) is 6.04 Å². The first-order chi connectivity index (χ1) is 8.02. The molecule has 1 nitrogen and oxygen atoms in total. The highest BCUT2D eigenvalue weighted by atomic mass is 14.9. The van der Waals surface area contributed by atoms with Crippen molar-refractivity contribution < 1.29 is 0 Å². The predicted octanol–water partition coefficient (Wildman–Crippen LogP) is 3.87. The first-order valence-corrected chi connectivity index (χ1v) is 6.87. The van der Waals surface area contributed by atoms with E-state index in [9.17, 15) is 0 Å². The number of aryl methyl sites for hydroxylation is 2. The molecular formula is C16H25N. The topological polar surface area (TPSA) is 12.0 Å². The van der Waals surface area contributed by atoms with Crippen LogP contribution in [-0.2, 0) is 12.8 Å². The van der Waals surface area contributed by atoms with Crippen molar-refractivity contribution in [2.75, 3.05) is 6.54 Å². The minimum absolute atomic E-state index is 0.267. The molecular weight excluding hydrogens is 206 g/mol. The van der Waals surface area contributed by atoms with Crippen LogP contribution < -0.4 is 5.32 Å². The van der Waals surface area contributed by atoms with Gasteiger partial charge in [-0.2, -0.15) is 0 Å². The highest BCUT2D eigenvalue weighted by Crippen LogP contribution is 2.34. The summed E-state index contributed by atoms with van der Waals surface area (Å²) in [7, 11) is 0. The van der Waals surface area contributed by atoms with Crippen molar-refractivity contribution in [3.63, 3.8) is 0 Å². The van der Waals surface area contributed by atoms with Crippen molar-refractivity contribution >= 4 is 0 Å². The van der Waals surface area contributed by atoms with Gasteiger partial charge in [0.2, 0.25) is 0 Å². The van der Waals surface area contributed by atoms with Crippen LogP contribution in [0.5, 0.6) is 0 Å². The van der Waals surface area contributed by atoms with Gasteiger partial charge in [-0.15, -0.1) is 0 Å². The molecule has 0 amide bonds. The second-order valence-electron chi connectivity index (χ2n) is 6.24. The summed E-state index contributed by atoms with van der Waals surface area (Å²) >= 11 is 0. The van der Waals surface area contributed by atoms with Crippen molar-refractivity contribution in [2.45, 2.75) is 53.0 Å². The first kappa shape index (κ1) is 12.6. The van der Waals surface area contributed by atoms with Gasteiger partial charge in [-0.1, -0.05) is 45.9 Å². The van der Waals surface area contributed by atoms with E-state index < -0.39 is 0 Å². The average molecular weight is 231 g/mol. The van der Waals surface area contributed by atoms with Gasteiger partial charge >= 0.3 is 0 Å². The lowest BCUT2D eigenvalue weighted by Crippen LogP contribution is -2.32. The summed E-state index contributed by atoms with van der Waals surface area (Å²) in [6.07, 6.45) is 3.88.